The topological polar surface area (TPSA) is 82.8 Å². The highest BCUT2D eigenvalue weighted by molar-refractivity contribution is 7.96. The van der Waals surface area contributed by atoms with Gasteiger partial charge in [0.25, 0.3) is 5.91 Å². The van der Waals surface area contributed by atoms with Gasteiger partial charge in [0.2, 0.25) is 0 Å². The first-order valence-electron chi connectivity index (χ1n) is 9.86. The zero-order chi connectivity index (χ0) is 24.6. The van der Waals surface area contributed by atoms with Crippen LogP contribution in [-0.2, 0) is 18.2 Å². The number of aromatic nitrogens is 3. The minimum absolute atomic E-state index is 0.0350. The fourth-order valence-corrected chi connectivity index (χ4v) is 3.86. The Balaban J connectivity index is 2.00. The van der Waals surface area contributed by atoms with Crippen LogP contribution in [0.4, 0.5) is 23.2 Å². The quantitative estimate of drug-likeness (QED) is 0.387. The van der Waals surface area contributed by atoms with Crippen LogP contribution < -0.4 is 5.32 Å². The van der Waals surface area contributed by atoms with Crippen molar-refractivity contribution in [3.8, 4) is 0 Å². The molecule has 0 saturated heterocycles. The molecule has 0 bridgehead atoms. The molecule has 1 amide bonds. The molecule has 0 unspecified atom stereocenters. The molecule has 0 saturated carbocycles. The Kier molecular flexibility index (Phi) is 7.01. The van der Waals surface area contributed by atoms with E-state index in [0.29, 0.717) is 17.9 Å². The van der Waals surface area contributed by atoms with Crippen molar-refractivity contribution >= 4 is 29.2 Å². The number of anilines is 1. The molecule has 0 aliphatic heterocycles. The van der Waals surface area contributed by atoms with Crippen LogP contribution in [0.25, 0.3) is 5.65 Å². The molecule has 0 fully saturated rings. The average Bonchev–Trinajstić information content (AvgIpc) is 3.09. The summed E-state index contributed by atoms with van der Waals surface area (Å²) in [6.45, 7) is 2.66. The predicted octanol–water partition coefficient (Wildman–Crippen LogP) is 4.12. The maximum atomic E-state index is 15.4. The lowest BCUT2D eigenvalue weighted by atomic mass is 9.97. The molecule has 7 nitrogen and oxygen atoms in total. The first-order valence-corrected chi connectivity index (χ1v) is 10.8. The van der Waals surface area contributed by atoms with Gasteiger partial charge in [0, 0.05) is 30.1 Å². The van der Waals surface area contributed by atoms with Crippen LogP contribution in [0.2, 0.25) is 0 Å². The molecule has 3 aromatic heterocycles. The molecular weight excluding hydrogens is 462 g/mol. The molecule has 2 N–H and O–H groups in total. The second-order valence-corrected chi connectivity index (χ2v) is 9.41. The van der Waals surface area contributed by atoms with E-state index < -0.39 is 34.9 Å². The summed E-state index contributed by atoms with van der Waals surface area (Å²) in [5.41, 5.74) is -3.23. The van der Waals surface area contributed by atoms with Crippen LogP contribution in [0.5, 0.6) is 0 Å². The zero-order valence-corrected chi connectivity index (χ0v) is 19.2. The van der Waals surface area contributed by atoms with Crippen molar-refractivity contribution in [2.24, 2.45) is 0 Å². The van der Waals surface area contributed by atoms with Gasteiger partial charge in [-0.25, -0.2) is 14.4 Å². The van der Waals surface area contributed by atoms with E-state index in [1.807, 2.05) is 18.4 Å². The standard InChI is InChI=1S/C21H23F4N5O2S/c1-20(2,32)16-14(28-19(31)13-6-5-7-15(27-13)21(23,24)25)11-30-10-12(8-9-33-29(3)4)26-18(30)17(16)22/h5-7,10-11,32H,8-9H2,1-4H3,(H,28,31). The SMILES string of the molecule is CN(C)SCCc1cn2cc(NC(=O)c3cccc(C(F)(F)F)n3)c(C(C)(C)O)c(F)c2n1. The summed E-state index contributed by atoms with van der Waals surface area (Å²) < 4.78 is 57.5. The molecule has 3 rings (SSSR count). The number of nitrogens with one attached hydrogen (secondary N) is 1. The third kappa shape index (κ3) is 5.81. The summed E-state index contributed by atoms with van der Waals surface area (Å²) in [5, 5.41) is 12.9. The van der Waals surface area contributed by atoms with Gasteiger partial charge in [0.05, 0.1) is 17.0 Å². The van der Waals surface area contributed by atoms with Crippen molar-refractivity contribution in [2.45, 2.75) is 32.0 Å². The van der Waals surface area contributed by atoms with Crippen molar-refractivity contribution in [3.63, 3.8) is 0 Å². The fourth-order valence-electron chi connectivity index (χ4n) is 3.19. The van der Waals surface area contributed by atoms with Gasteiger partial charge in [-0.3, -0.25) is 9.10 Å². The van der Waals surface area contributed by atoms with Gasteiger partial charge >= 0.3 is 6.18 Å². The fraction of sp³-hybridized carbons (Fsp3) is 0.381. The molecule has 0 spiro atoms. The van der Waals surface area contributed by atoms with E-state index in [1.165, 1.54) is 24.4 Å². The molecule has 0 aromatic carbocycles. The lowest BCUT2D eigenvalue weighted by Gasteiger charge is -2.23. The summed E-state index contributed by atoms with van der Waals surface area (Å²) in [6.07, 6.45) is -1.21. The Morgan fingerprint density at radius 3 is 2.52 bits per heavy atom. The van der Waals surface area contributed by atoms with E-state index in [4.69, 9.17) is 0 Å². The first kappa shape index (κ1) is 24.9. The van der Waals surface area contributed by atoms with Gasteiger partial charge in [-0.1, -0.05) is 18.0 Å². The number of alkyl halides is 3. The monoisotopic (exact) mass is 485 g/mol. The number of fused-ring (bicyclic) bond motifs is 1. The maximum Gasteiger partial charge on any atom is 0.433 e. The minimum atomic E-state index is -4.72. The summed E-state index contributed by atoms with van der Waals surface area (Å²) in [7, 11) is 3.80. The van der Waals surface area contributed by atoms with E-state index in [9.17, 15) is 23.1 Å². The zero-order valence-electron chi connectivity index (χ0n) is 18.4. The lowest BCUT2D eigenvalue weighted by Crippen LogP contribution is -2.24. The number of carbonyl (C=O) groups is 1. The highest BCUT2D eigenvalue weighted by Gasteiger charge is 2.33. The molecule has 178 valence electrons. The molecule has 0 atom stereocenters. The second-order valence-electron chi connectivity index (χ2n) is 8.01. The van der Waals surface area contributed by atoms with E-state index >= 15 is 4.39 Å². The van der Waals surface area contributed by atoms with Gasteiger partial charge < -0.3 is 14.8 Å². The Hall–Kier alpha value is -2.70. The van der Waals surface area contributed by atoms with Crippen molar-refractivity contribution in [2.75, 3.05) is 25.2 Å². The molecule has 33 heavy (non-hydrogen) atoms. The molecular formula is C21H23F4N5O2S. The van der Waals surface area contributed by atoms with E-state index in [0.717, 1.165) is 18.2 Å². The minimum Gasteiger partial charge on any atom is -0.386 e. The van der Waals surface area contributed by atoms with Gasteiger partial charge in [0.15, 0.2) is 11.5 Å². The Bertz CT molecular complexity index is 1170. The Morgan fingerprint density at radius 1 is 1.21 bits per heavy atom. The van der Waals surface area contributed by atoms with Gasteiger partial charge in [0.1, 0.15) is 11.4 Å². The van der Waals surface area contributed by atoms with E-state index in [2.05, 4.69) is 15.3 Å². The second kappa shape index (κ2) is 9.27. The van der Waals surface area contributed by atoms with Crippen LogP contribution in [0.1, 0.15) is 41.3 Å². The predicted molar refractivity (Wildman–Crippen MR) is 117 cm³/mol. The first-order chi connectivity index (χ1) is 15.3. The molecule has 0 aliphatic rings. The number of imidazole rings is 1. The molecule has 0 radical (unpaired) electrons. The highest BCUT2D eigenvalue weighted by Crippen LogP contribution is 2.33. The Labute approximate surface area is 192 Å². The number of rotatable bonds is 7. The average molecular weight is 486 g/mol. The van der Waals surface area contributed by atoms with Crippen molar-refractivity contribution in [1.29, 1.82) is 0 Å². The number of hydrogen-bond acceptors (Lipinski definition) is 6. The number of pyridine rings is 2. The highest BCUT2D eigenvalue weighted by atomic mass is 32.2. The van der Waals surface area contributed by atoms with Crippen molar-refractivity contribution in [3.05, 3.63) is 59.1 Å². The van der Waals surface area contributed by atoms with Crippen molar-refractivity contribution < 1.29 is 27.5 Å². The largest absolute Gasteiger partial charge is 0.433 e. The number of nitrogens with zero attached hydrogens (tertiary/aromatic N) is 4. The third-order valence-corrected chi connectivity index (χ3v) is 5.48. The number of carbonyl (C=O) groups excluding carboxylic acids is 1. The van der Waals surface area contributed by atoms with Gasteiger partial charge in [-0.2, -0.15) is 13.2 Å². The number of amides is 1. The number of hydrogen-bond donors (Lipinski definition) is 2. The summed E-state index contributed by atoms with van der Waals surface area (Å²) in [5.74, 6) is -1.11. The third-order valence-electron chi connectivity index (χ3n) is 4.58. The molecule has 3 heterocycles. The number of halogens is 4. The summed E-state index contributed by atoms with van der Waals surface area (Å²) >= 11 is 1.57. The maximum absolute atomic E-state index is 15.4. The van der Waals surface area contributed by atoms with Crippen LogP contribution >= 0.6 is 11.9 Å². The van der Waals surface area contributed by atoms with Crippen LogP contribution in [0.3, 0.4) is 0 Å². The van der Waals surface area contributed by atoms with E-state index in [1.54, 1.807) is 18.1 Å². The normalized spacial score (nSPS) is 12.5. The van der Waals surface area contributed by atoms with Crippen LogP contribution in [0.15, 0.2) is 30.6 Å². The van der Waals surface area contributed by atoms with Crippen LogP contribution in [0, 0.1) is 5.82 Å². The summed E-state index contributed by atoms with van der Waals surface area (Å²) in [4.78, 5) is 20.3. The molecule has 0 aliphatic carbocycles. The van der Waals surface area contributed by atoms with Crippen molar-refractivity contribution in [1.82, 2.24) is 18.7 Å². The molecule has 3 aromatic rings. The Morgan fingerprint density at radius 2 is 1.91 bits per heavy atom. The smallest absolute Gasteiger partial charge is 0.386 e. The number of aliphatic hydroxyl groups is 1. The summed E-state index contributed by atoms with van der Waals surface area (Å²) in [6, 6.07) is 2.91. The van der Waals surface area contributed by atoms with Crippen LogP contribution in [-0.4, -0.2) is 49.5 Å². The van der Waals surface area contributed by atoms with Gasteiger partial charge in [-0.15, -0.1) is 0 Å². The molecule has 12 heteroatoms. The number of aryl methyl sites for hydroxylation is 1. The lowest BCUT2D eigenvalue weighted by molar-refractivity contribution is -0.141. The van der Waals surface area contributed by atoms with Gasteiger partial charge in [-0.05, 0) is 40.1 Å². The van der Waals surface area contributed by atoms with E-state index in [-0.39, 0.29) is 16.9 Å².